The average molecular weight is 245 g/mol. The first-order valence-electron chi connectivity index (χ1n) is 7.08. The minimum absolute atomic E-state index is 0.0869. The third-order valence-electron chi connectivity index (χ3n) is 5.00. The van der Waals surface area contributed by atoms with Gasteiger partial charge in [0.25, 0.3) is 0 Å². The van der Waals surface area contributed by atoms with Crippen LogP contribution in [0.4, 0.5) is 0 Å². The summed E-state index contributed by atoms with van der Waals surface area (Å²) in [6.45, 7) is 0. The molecule has 18 heavy (non-hydrogen) atoms. The van der Waals surface area contributed by atoms with Crippen molar-refractivity contribution in [2.75, 3.05) is 14.1 Å². The Morgan fingerprint density at radius 1 is 1.11 bits per heavy atom. The first-order valence-corrected chi connectivity index (χ1v) is 7.08. The maximum absolute atomic E-state index is 10.3. The van der Waals surface area contributed by atoms with Crippen LogP contribution in [0.25, 0.3) is 0 Å². The third kappa shape index (κ3) is 1.88. The number of aliphatic hydroxyl groups is 1. The zero-order valence-corrected chi connectivity index (χ0v) is 11.3. The maximum Gasteiger partial charge on any atom is 0.0586 e. The van der Waals surface area contributed by atoms with Gasteiger partial charge in [0.1, 0.15) is 0 Å². The van der Waals surface area contributed by atoms with E-state index in [4.69, 9.17) is 0 Å². The van der Waals surface area contributed by atoms with Crippen LogP contribution in [0.3, 0.4) is 0 Å². The van der Waals surface area contributed by atoms with Gasteiger partial charge in [0.2, 0.25) is 0 Å². The van der Waals surface area contributed by atoms with E-state index in [0.717, 1.165) is 6.42 Å². The first kappa shape index (κ1) is 12.2. The van der Waals surface area contributed by atoms with Crippen LogP contribution in [0.5, 0.6) is 0 Å². The number of rotatable bonds is 2. The van der Waals surface area contributed by atoms with Gasteiger partial charge in [-0.05, 0) is 44.8 Å². The standard InChI is InChI=1S/C16H23NO/c1-17(2)16-13-9-8-12(10-14(13)18)15(16)11-6-4-3-5-7-11/h3-7,12-16,18H,8-10H2,1-2H3/t12-,13+,14-,15-,16-/m0/s1. The quantitative estimate of drug-likeness (QED) is 0.865. The molecule has 3 aliphatic rings. The minimum atomic E-state index is -0.0869. The molecule has 0 radical (unpaired) electrons. The Morgan fingerprint density at radius 2 is 1.83 bits per heavy atom. The van der Waals surface area contributed by atoms with Crippen LogP contribution in [0.2, 0.25) is 0 Å². The first-order chi connectivity index (χ1) is 8.68. The van der Waals surface area contributed by atoms with Crippen LogP contribution in [0.1, 0.15) is 30.7 Å². The molecular weight excluding hydrogens is 222 g/mol. The van der Waals surface area contributed by atoms with Crippen molar-refractivity contribution in [2.45, 2.75) is 37.3 Å². The number of benzene rings is 1. The minimum Gasteiger partial charge on any atom is -0.393 e. The predicted molar refractivity (Wildman–Crippen MR) is 73.5 cm³/mol. The summed E-state index contributed by atoms with van der Waals surface area (Å²) in [6, 6.07) is 11.4. The molecule has 3 aliphatic carbocycles. The molecule has 4 rings (SSSR count). The van der Waals surface area contributed by atoms with Crippen molar-refractivity contribution in [2.24, 2.45) is 11.8 Å². The summed E-state index contributed by atoms with van der Waals surface area (Å²) >= 11 is 0. The van der Waals surface area contributed by atoms with Crippen molar-refractivity contribution in [1.29, 1.82) is 0 Å². The Kier molecular flexibility index (Phi) is 3.16. The monoisotopic (exact) mass is 245 g/mol. The Labute approximate surface area is 110 Å². The topological polar surface area (TPSA) is 23.5 Å². The van der Waals surface area contributed by atoms with E-state index < -0.39 is 0 Å². The van der Waals surface area contributed by atoms with E-state index in [9.17, 15) is 5.11 Å². The summed E-state index contributed by atoms with van der Waals surface area (Å²) in [5.41, 5.74) is 1.46. The molecule has 0 unspecified atom stereocenters. The van der Waals surface area contributed by atoms with E-state index in [-0.39, 0.29) is 6.10 Å². The van der Waals surface area contributed by atoms with E-state index >= 15 is 0 Å². The fourth-order valence-electron chi connectivity index (χ4n) is 4.32. The maximum atomic E-state index is 10.3. The highest BCUT2D eigenvalue weighted by Gasteiger charge is 2.49. The number of fused-ring (bicyclic) bond motifs is 3. The van der Waals surface area contributed by atoms with Gasteiger partial charge >= 0.3 is 0 Å². The van der Waals surface area contributed by atoms with Crippen LogP contribution in [0, 0.1) is 11.8 Å². The molecule has 0 aromatic heterocycles. The lowest BCUT2D eigenvalue weighted by Gasteiger charge is -2.53. The van der Waals surface area contributed by atoms with Crippen molar-refractivity contribution in [3.63, 3.8) is 0 Å². The summed E-state index contributed by atoms with van der Waals surface area (Å²) in [6.07, 6.45) is 3.38. The van der Waals surface area contributed by atoms with Crippen molar-refractivity contribution in [3.05, 3.63) is 35.9 Å². The van der Waals surface area contributed by atoms with Crippen LogP contribution in [-0.2, 0) is 0 Å². The molecule has 1 aromatic carbocycles. The molecule has 0 spiro atoms. The van der Waals surface area contributed by atoms with E-state index in [2.05, 4.69) is 49.3 Å². The van der Waals surface area contributed by atoms with Gasteiger partial charge in [0, 0.05) is 17.9 Å². The van der Waals surface area contributed by atoms with E-state index in [1.165, 1.54) is 18.4 Å². The SMILES string of the molecule is CN(C)[C@H]1[C@@H]2CC[C@@H](C[C@@H]2O)[C@@H]1c1ccccc1. The lowest BCUT2D eigenvalue weighted by atomic mass is 9.58. The molecule has 5 atom stereocenters. The molecule has 3 saturated carbocycles. The van der Waals surface area contributed by atoms with Crippen LogP contribution in [0.15, 0.2) is 30.3 Å². The third-order valence-corrected chi connectivity index (χ3v) is 5.00. The van der Waals surface area contributed by atoms with Crippen LogP contribution in [-0.4, -0.2) is 36.2 Å². The van der Waals surface area contributed by atoms with E-state index in [0.29, 0.717) is 23.8 Å². The molecule has 1 N–H and O–H groups in total. The van der Waals surface area contributed by atoms with Gasteiger partial charge in [-0.3, -0.25) is 0 Å². The molecule has 2 bridgehead atoms. The highest BCUT2D eigenvalue weighted by atomic mass is 16.3. The Bertz CT molecular complexity index is 403. The van der Waals surface area contributed by atoms with Crippen LogP contribution >= 0.6 is 0 Å². The Hall–Kier alpha value is -0.860. The smallest absolute Gasteiger partial charge is 0.0586 e. The second-order valence-electron chi connectivity index (χ2n) is 6.20. The van der Waals surface area contributed by atoms with Gasteiger partial charge in [-0.25, -0.2) is 0 Å². The second kappa shape index (κ2) is 4.67. The van der Waals surface area contributed by atoms with Crippen molar-refractivity contribution in [3.8, 4) is 0 Å². The van der Waals surface area contributed by atoms with Crippen LogP contribution < -0.4 is 0 Å². The van der Waals surface area contributed by atoms with Crippen molar-refractivity contribution in [1.82, 2.24) is 4.90 Å². The molecule has 3 fully saturated rings. The number of hydrogen-bond acceptors (Lipinski definition) is 2. The number of hydrogen-bond donors (Lipinski definition) is 1. The van der Waals surface area contributed by atoms with Gasteiger partial charge in [0.15, 0.2) is 0 Å². The fraction of sp³-hybridized carbons (Fsp3) is 0.625. The summed E-state index contributed by atoms with van der Waals surface area (Å²) in [5, 5.41) is 10.3. The summed E-state index contributed by atoms with van der Waals surface area (Å²) in [7, 11) is 4.32. The molecule has 98 valence electrons. The predicted octanol–water partition coefficient (Wildman–Crippen LogP) is 2.49. The zero-order chi connectivity index (χ0) is 12.7. The molecule has 0 amide bonds. The molecular formula is C16H23NO. The van der Waals surface area contributed by atoms with Gasteiger partial charge in [0.05, 0.1) is 6.10 Å². The van der Waals surface area contributed by atoms with Gasteiger partial charge in [-0.2, -0.15) is 0 Å². The average Bonchev–Trinajstić information content (AvgIpc) is 2.39. The largest absolute Gasteiger partial charge is 0.393 e. The highest BCUT2D eigenvalue weighted by molar-refractivity contribution is 5.25. The number of aliphatic hydroxyl groups excluding tert-OH is 1. The fourth-order valence-corrected chi connectivity index (χ4v) is 4.32. The second-order valence-corrected chi connectivity index (χ2v) is 6.20. The summed E-state index contributed by atoms with van der Waals surface area (Å²) < 4.78 is 0. The Balaban J connectivity index is 1.97. The Morgan fingerprint density at radius 3 is 2.44 bits per heavy atom. The van der Waals surface area contributed by atoms with E-state index in [1.807, 2.05) is 0 Å². The zero-order valence-electron chi connectivity index (χ0n) is 11.3. The highest BCUT2D eigenvalue weighted by Crippen LogP contribution is 2.51. The van der Waals surface area contributed by atoms with Gasteiger partial charge in [-0.1, -0.05) is 30.3 Å². The normalized spacial score (nSPS) is 39.2. The summed E-state index contributed by atoms with van der Waals surface area (Å²) in [4.78, 5) is 2.33. The summed E-state index contributed by atoms with van der Waals surface area (Å²) in [5.74, 6) is 1.71. The molecule has 2 heteroatoms. The molecule has 0 heterocycles. The molecule has 1 aromatic rings. The van der Waals surface area contributed by atoms with E-state index in [1.54, 1.807) is 0 Å². The van der Waals surface area contributed by atoms with Crippen molar-refractivity contribution < 1.29 is 5.11 Å². The molecule has 0 saturated heterocycles. The number of likely N-dealkylation sites (N-methyl/N-ethyl adjacent to an activating group) is 1. The number of nitrogens with zero attached hydrogens (tertiary/aromatic N) is 1. The molecule has 0 aliphatic heterocycles. The molecule has 2 nitrogen and oxygen atoms in total. The van der Waals surface area contributed by atoms with Gasteiger partial charge in [-0.15, -0.1) is 0 Å². The van der Waals surface area contributed by atoms with Crippen molar-refractivity contribution >= 4 is 0 Å². The van der Waals surface area contributed by atoms with Gasteiger partial charge < -0.3 is 10.0 Å². The lowest BCUT2D eigenvalue weighted by Crippen LogP contribution is -2.55. The lowest BCUT2D eigenvalue weighted by molar-refractivity contribution is -0.0620.